The van der Waals surface area contributed by atoms with Gasteiger partial charge in [0.15, 0.2) is 0 Å². The molecule has 3 nitrogen and oxygen atoms in total. The van der Waals surface area contributed by atoms with E-state index in [1.807, 2.05) is 4.90 Å². The molecule has 0 radical (unpaired) electrons. The number of amides is 1. The van der Waals surface area contributed by atoms with Crippen molar-refractivity contribution in [3.8, 4) is 0 Å². The summed E-state index contributed by atoms with van der Waals surface area (Å²) in [5.74, 6) is 1.40. The van der Waals surface area contributed by atoms with Crippen LogP contribution in [-0.2, 0) is 4.79 Å². The molecule has 0 aliphatic carbocycles. The predicted octanol–water partition coefficient (Wildman–Crippen LogP) is 2.05. The molecule has 0 spiro atoms. The van der Waals surface area contributed by atoms with Crippen molar-refractivity contribution in [3.05, 3.63) is 12.2 Å². The fourth-order valence-electron chi connectivity index (χ4n) is 2.08. The molecular formula is C14H26N2O. The van der Waals surface area contributed by atoms with Crippen LogP contribution in [-0.4, -0.2) is 36.5 Å². The van der Waals surface area contributed by atoms with Crippen LogP contribution in [0.3, 0.4) is 0 Å². The molecule has 1 fully saturated rings. The summed E-state index contributed by atoms with van der Waals surface area (Å²) in [5.41, 5.74) is 1.09. The second kappa shape index (κ2) is 6.20. The Morgan fingerprint density at radius 2 is 2.12 bits per heavy atom. The van der Waals surface area contributed by atoms with Gasteiger partial charge in [-0.2, -0.15) is 0 Å². The van der Waals surface area contributed by atoms with Crippen LogP contribution in [0.4, 0.5) is 0 Å². The molecule has 1 unspecified atom stereocenters. The van der Waals surface area contributed by atoms with Gasteiger partial charge in [-0.25, -0.2) is 0 Å². The summed E-state index contributed by atoms with van der Waals surface area (Å²) < 4.78 is 0. The van der Waals surface area contributed by atoms with Crippen molar-refractivity contribution < 1.29 is 4.79 Å². The fraction of sp³-hybridized carbons (Fsp3) is 0.786. The molecule has 1 aliphatic heterocycles. The third-order valence-electron chi connectivity index (χ3n) is 3.36. The lowest BCUT2D eigenvalue weighted by Crippen LogP contribution is -2.32. The highest BCUT2D eigenvalue weighted by Gasteiger charge is 2.31. The van der Waals surface area contributed by atoms with Crippen LogP contribution in [0.15, 0.2) is 12.2 Å². The maximum Gasteiger partial charge on any atom is 0.223 e. The normalized spacial score (nSPS) is 20.7. The van der Waals surface area contributed by atoms with E-state index in [1.165, 1.54) is 0 Å². The van der Waals surface area contributed by atoms with Crippen LogP contribution >= 0.6 is 0 Å². The maximum atomic E-state index is 11.8. The lowest BCUT2D eigenvalue weighted by Gasteiger charge is -2.20. The van der Waals surface area contributed by atoms with Gasteiger partial charge in [0.25, 0.3) is 0 Å². The van der Waals surface area contributed by atoms with Gasteiger partial charge in [-0.05, 0) is 17.4 Å². The minimum absolute atomic E-state index is 0.286. The van der Waals surface area contributed by atoms with Crippen LogP contribution in [0.2, 0.25) is 0 Å². The highest BCUT2D eigenvalue weighted by Crippen LogP contribution is 2.24. The summed E-state index contributed by atoms with van der Waals surface area (Å²) in [4.78, 5) is 13.8. The standard InChI is InChI=1S/C14H26N2O/c1-10(2)13-6-14(17)16(9-13)8-12(5)7-15-11(3)4/h10-11,13,15H,5-9H2,1-4H3. The second-order valence-electron chi connectivity index (χ2n) is 5.77. The van der Waals surface area contributed by atoms with Crippen molar-refractivity contribution in [1.82, 2.24) is 10.2 Å². The molecule has 0 saturated carbocycles. The molecule has 17 heavy (non-hydrogen) atoms. The fourth-order valence-corrected chi connectivity index (χ4v) is 2.08. The molecule has 3 heteroatoms. The van der Waals surface area contributed by atoms with Gasteiger partial charge in [0.1, 0.15) is 0 Å². The Morgan fingerprint density at radius 1 is 1.47 bits per heavy atom. The van der Waals surface area contributed by atoms with Gasteiger partial charge < -0.3 is 10.2 Å². The summed E-state index contributed by atoms with van der Waals surface area (Å²) in [5, 5.41) is 3.33. The van der Waals surface area contributed by atoms with Gasteiger partial charge in [0.2, 0.25) is 5.91 Å². The molecule has 1 amide bonds. The first kappa shape index (κ1) is 14.2. The summed E-state index contributed by atoms with van der Waals surface area (Å²) in [6.45, 7) is 15.1. The highest BCUT2D eigenvalue weighted by atomic mass is 16.2. The first-order valence-electron chi connectivity index (χ1n) is 6.58. The molecule has 0 aromatic rings. The first-order chi connectivity index (χ1) is 7.90. The Labute approximate surface area is 105 Å². The third kappa shape index (κ3) is 4.50. The zero-order valence-electron chi connectivity index (χ0n) is 11.6. The third-order valence-corrected chi connectivity index (χ3v) is 3.36. The second-order valence-corrected chi connectivity index (χ2v) is 5.77. The van der Waals surface area contributed by atoms with E-state index in [-0.39, 0.29) is 5.91 Å². The van der Waals surface area contributed by atoms with Crippen molar-refractivity contribution >= 4 is 5.91 Å². The van der Waals surface area contributed by atoms with E-state index in [1.54, 1.807) is 0 Å². The van der Waals surface area contributed by atoms with Crippen LogP contribution in [0.5, 0.6) is 0 Å². The predicted molar refractivity (Wildman–Crippen MR) is 71.8 cm³/mol. The topological polar surface area (TPSA) is 32.3 Å². The number of nitrogens with zero attached hydrogens (tertiary/aromatic N) is 1. The van der Waals surface area contributed by atoms with Gasteiger partial charge in [0.05, 0.1) is 0 Å². The van der Waals surface area contributed by atoms with Gasteiger partial charge in [-0.15, -0.1) is 0 Å². The monoisotopic (exact) mass is 238 g/mol. The van der Waals surface area contributed by atoms with Crippen LogP contribution in [0.1, 0.15) is 34.1 Å². The molecule has 98 valence electrons. The quantitative estimate of drug-likeness (QED) is 0.718. The molecule has 1 heterocycles. The Bertz CT molecular complexity index is 284. The zero-order valence-corrected chi connectivity index (χ0v) is 11.6. The number of nitrogens with one attached hydrogen (secondary N) is 1. The lowest BCUT2D eigenvalue weighted by molar-refractivity contribution is -0.127. The molecule has 0 aromatic carbocycles. The maximum absolute atomic E-state index is 11.8. The average Bonchev–Trinajstić information content (AvgIpc) is 2.58. The zero-order chi connectivity index (χ0) is 13.0. The molecule has 0 bridgehead atoms. The Balaban J connectivity index is 2.37. The van der Waals surface area contributed by atoms with Crippen molar-refractivity contribution in [1.29, 1.82) is 0 Å². The summed E-state index contributed by atoms with van der Waals surface area (Å²) in [6, 6.07) is 0.462. The number of likely N-dealkylation sites (tertiary alicyclic amines) is 1. The van der Waals surface area contributed by atoms with E-state index in [9.17, 15) is 4.79 Å². The average molecular weight is 238 g/mol. The van der Waals surface area contributed by atoms with Gasteiger partial charge in [0, 0.05) is 32.1 Å². The Kier molecular flexibility index (Phi) is 5.19. The smallest absolute Gasteiger partial charge is 0.223 e. The van der Waals surface area contributed by atoms with E-state index in [4.69, 9.17) is 0 Å². The van der Waals surface area contributed by atoms with Crippen LogP contribution in [0, 0.1) is 11.8 Å². The molecule has 1 rings (SSSR count). The van der Waals surface area contributed by atoms with Gasteiger partial charge in [-0.1, -0.05) is 34.3 Å². The lowest BCUT2D eigenvalue weighted by atomic mass is 9.95. The van der Waals surface area contributed by atoms with E-state index in [2.05, 4.69) is 39.6 Å². The number of carbonyl (C=O) groups is 1. The van der Waals surface area contributed by atoms with Gasteiger partial charge >= 0.3 is 0 Å². The van der Waals surface area contributed by atoms with E-state index in [0.717, 1.165) is 18.7 Å². The first-order valence-corrected chi connectivity index (χ1v) is 6.58. The number of rotatable bonds is 6. The van der Waals surface area contributed by atoms with Gasteiger partial charge in [-0.3, -0.25) is 4.79 Å². The van der Waals surface area contributed by atoms with Crippen molar-refractivity contribution in [2.24, 2.45) is 11.8 Å². The molecule has 1 atom stereocenters. The van der Waals surface area contributed by atoms with Crippen LogP contribution in [0.25, 0.3) is 0 Å². The van der Waals surface area contributed by atoms with E-state index >= 15 is 0 Å². The summed E-state index contributed by atoms with van der Waals surface area (Å²) in [7, 11) is 0. The molecule has 0 aromatic heterocycles. The largest absolute Gasteiger partial charge is 0.338 e. The van der Waals surface area contributed by atoms with Crippen molar-refractivity contribution in [3.63, 3.8) is 0 Å². The van der Waals surface area contributed by atoms with E-state index < -0.39 is 0 Å². The SMILES string of the molecule is C=C(CNC(C)C)CN1CC(C(C)C)CC1=O. The highest BCUT2D eigenvalue weighted by molar-refractivity contribution is 5.78. The van der Waals surface area contributed by atoms with E-state index in [0.29, 0.717) is 30.8 Å². The van der Waals surface area contributed by atoms with Crippen molar-refractivity contribution in [2.45, 2.75) is 40.2 Å². The molecular weight excluding hydrogens is 212 g/mol. The number of hydrogen-bond acceptors (Lipinski definition) is 2. The molecule has 1 N–H and O–H groups in total. The minimum atomic E-state index is 0.286. The van der Waals surface area contributed by atoms with Crippen molar-refractivity contribution in [2.75, 3.05) is 19.6 Å². The molecule has 1 aliphatic rings. The Morgan fingerprint density at radius 3 is 2.59 bits per heavy atom. The number of carbonyl (C=O) groups excluding carboxylic acids is 1. The summed E-state index contributed by atoms with van der Waals surface area (Å²) in [6.07, 6.45) is 0.711. The minimum Gasteiger partial charge on any atom is -0.338 e. The summed E-state index contributed by atoms with van der Waals surface area (Å²) >= 11 is 0. The molecule has 1 saturated heterocycles. The van der Waals surface area contributed by atoms with Crippen LogP contribution < -0.4 is 5.32 Å². The Hall–Kier alpha value is -0.830. The number of hydrogen-bond donors (Lipinski definition) is 1.